The Morgan fingerprint density at radius 1 is 1.44 bits per heavy atom. The highest BCUT2D eigenvalue weighted by Crippen LogP contribution is 2.28. The van der Waals surface area contributed by atoms with Crippen molar-refractivity contribution in [3.8, 4) is 0 Å². The average molecular weight is 291 g/mol. The van der Waals surface area contributed by atoms with Crippen LogP contribution < -0.4 is 0 Å². The van der Waals surface area contributed by atoms with Crippen molar-refractivity contribution >= 4 is 27.3 Å². The summed E-state index contributed by atoms with van der Waals surface area (Å²) in [5.74, 6) is -1.12. The minimum Gasteiger partial charge on any atom is -0.478 e. The summed E-state index contributed by atoms with van der Waals surface area (Å²) in [6.07, 6.45) is 0. The number of sulfonamides is 1. The van der Waals surface area contributed by atoms with Gasteiger partial charge in [0.15, 0.2) is 0 Å². The fraction of sp³-hybridized carbons (Fsp3) is 0.545. The molecule has 102 valence electrons. The zero-order valence-corrected chi connectivity index (χ0v) is 12.4. The van der Waals surface area contributed by atoms with Crippen LogP contribution in [0.1, 0.15) is 38.1 Å². The fourth-order valence-electron chi connectivity index (χ4n) is 1.68. The van der Waals surface area contributed by atoms with E-state index in [1.165, 1.54) is 15.8 Å². The molecule has 0 radical (unpaired) electrons. The van der Waals surface area contributed by atoms with Crippen molar-refractivity contribution in [1.82, 2.24) is 4.31 Å². The molecule has 0 aromatic carbocycles. The molecule has 18 heavy (non-hydrogen) atoms. The fourth-order valence-corrected chi connectivity index (χ4v) is 4.74. The van der Waals surface area contributed by atoms with Crippen LogP contribution in [0, 0.1) is 0 Å². The lowest BCUT2D eigenvalue weighted by Gasteiger charge is -2.32. The molecular formula is C11H17NO4S2. The summed E-state index contributed by atoms with van der Waals surface area (Å²) >= 11 is 0.934. The van der Waals surface area contributed by atoms with Crippen LogP contribution in [-0.4, -0.2) is 35.9 Å². The Morgan fingerprint density at radius 2 is 2.00 bits per heavy atom. The van der Waals surface area contributed by atoms with Gasteiger partial charge in [0.2, 0.25) is 0 Å². The standard InChI is InChI=1S/C11H17NO4S2/c1-5-12(11(2,3)4)18(15,16)9-6-8(7-17-9)10(13)14/h6-7H,5H2,1-4H3,(H,13,14). The number of nitrogens with zero attached hydrogens (tertiary/aromatic N) is 1. The van der Waals surface area contributed by atoms with Gasteiger partial charge in [-0.3, -0.25) is 0 Å². The first kappa shape index (κ1) is 15.1. The molecule has 0 bridgehead atoms. The number of carboxylic acids is 1. The molecule has 0 saturated carbocycles. The highest BCUT2D eigenvalue weighted by molar-refractivity contribution is 7.91. The van der Waals surface area contributed by atoms with Crippen LogP contribution in [0.3, 0.4) is 0 Å². The Hall–Kier alpha value is -0.920. The van der Waals surface area contributed by atoms with Gasteiger partial charge in [0.25, 0.3) is 10.0 Å². The van der Waals surface area contributed by atoms with E-state index in [4.69, 9.17) is 5.11 Å². The Kier molecular flexibility index (Phi) is 4.19. The van der Waals surface area contributed by atoms with Gasteiger partial charge >= 0.3 is 5.97 Å². The summed E-state index contributed by atoms with van der Waals surface area (Å²) in [5, 5.41) is 10.2. The van der Waals surface area contributed by atoms with E-state index in [1.54, 1.807) is 27.7 Å². The molecule has 1 aromatic heterocycles. The molecule has 7 heteroatoms. The number of carboxylic acid groups (broad SMARTS) is 1. The van der Waals surface area contributed by atoms with Gasteiger partial charge in [-0.1, -0.05) is 6.92 Å². The normalized spacial score (nSPS) is 12.9. The second kappa shape index (κ2) is 4.99. The number of hydrogen-bond donors (Lipinski definition) is 1. The van der Waals surface area contributed by atoms with Crippen molar-refractivity contribution in [1.29, 1.82) is 0 Å². The molecule has 1 N–H and O–H groups in total. The highest BCUT2D eigenvalue weighted by atomic mass is 32.2. The van der Waals surface area contributed by atoms with E-state index >= 15 is 0 Å². The van der Waals surface area contributed by atoms with Crippen molar-refractivity contribution in [2.45, 2.75) is 37.4 Å². The van der Waals surface area contributed by atoms with Crippen LogP contribution in [-0.2, 0) is 10.0 Å². The van der Waals surface area contributed by atoms with E-state index in [0.717, 1.165) is 11.3 Å². The number of hydrogen-bond acceptors (Lipinski definition) is 4. The topological polar surface area (TPSA) is 74.7 Å². The third kappa shape index (κ3) is 2.90. The van der Waals surface area contributed by atoms with Crippen molar-refractivity contribution in [3.63, 3.8) is 0 Å². The van der Waals surface area contributed by atoms with Gasteiger partial charge < -0.3 is 5.11 Å². The maximum absolute atomic E-state index is 12.4. The van der Waals surface area contributed by atoms with Crippen LogP contribution in [0.2, 0.25) is 0 Å². The Morgan fingerprint density at radius 3 is 2.33 bits per heavy atom. The second-order valence-corrected chi connectivity index (χ2v) is 7.80. The lowest BCUT2D eigenvalue weighted by molar-refractivity contribution is 0.0697. The number of thiophene rings is 1. The van der Waals surface area contributed by atoms with Crippen LogP contribution in [0.15, 0.2) is 15.7 Å². The van der Waals surface area contributed by atoms with Gasteiger partial charge in [-0.2, -0.15) is 4.31 Å². The Balaban J connectivity index is 3.23. The summed E-state index contributed by atoms with van der Waals surface area (Å²) in [6.45, 7) is 7.51. The number of rotatable bonds is 4. The molecule has 0 saturated heterocycles. The summed E-state index contributed by atoms with van der Waals surface area (Å²) in [5.41, 5.74) is -0.537. The molecular weight excluding hydrogens is 274 g/mol. The second-order valence-electron chi connectivity index (χ2n) is 4.80. The molecule has 0 atom stereocenters. The quantitative estimate of drug-likeness (QED) is 0.923. The van der Waals surface area contributed by atoms with E-state index in [-0.39, 0.29) is 9.77 Å². The largest absolute Gasteiger partial charge is 0.478 e. The molecule has 0 amide bonds. The van der Waals surface area contributed by atoms with Gasteiger partial charge in [0.05, 0.1) is 5.56 Å². The predicted molar refractivity (Wildman–Crippen MR) is 70.6 cm³/mol. The Labute approximate surface area is 111 Å². The third-order valence-electron chi connectivity index (χ3n) is 2.40. The lowest BCUT2D eigenvalue weighted by Crippen LogP contribution is -2.45. The van der Waals surface area contributed by atoms with E-state index in [1.807, 2.05) is 0 Å². The molecule has 0 aliphatic heterocycles. The summed E-state index contributed by atoms with van der Waals surface area (Å²) in [4.78, 5) is 10.8. The first-order valence-corrected chi connectivity index (χ1v) is 7.77. The maximum atomic E-state index is 12.4. The minimum atomic E-state index is -3.63. The monoisotopic (exact) mass is 291 g/mol. The molecule has 0 unspecified atom stereocenters. The minimum absolute atomic E-state index is 0.00328. The zero-order valence-electron chi connectivity index (χ0n) is 10.8. The van der Waals surface area contributed by atoms with Crippen molar-refractivity contribution < 1.29 is 18.3 Å². The van der Waals surface area contributed by atoms with Crippen LogP contribution in [0.4, 0.5) is 0 Å². The van der Waals surface area contributed by atoms with Gasteiger partial charge in [-0.05, 0) is 26.8 Å². The van der Waals surface area contributed by atoms with Gasteiger partial charge in [-0.15, -0.1) is 11.3 Å². The predicted octanol–water partition coefficient (Wildman–Crippen LogP) is 2.26. The molecule has 1 aromatic rings. The van der Waals surface area contributed by atoms with Crippen LogP contribution >= 0.6 is 11.3 Å². The Bertz CT molecular complexity index is 540. The maximum Gasteiger partial charge on any atom is 0.336 e. The summed E-state index contributed by atoms with van der Waals surface area (Å²) in [7, 11) is -3.63. The molecule has 0 spiro atoms. The van der Waals surface area contributed by atoms with E-state index < -0.39 is 21.5 Å². The lowest BCUT2D eigenvalue weighted by atomic mass is 10.1. The number of aromatic carboxylic acids is 1. The smallest absolute Gasteiger partial charge is 0.336 e. The molecule has 0 fully saturated rings. The van der Waals surface area contributed by atoms with Gasteiger partial charge in [0.1, 0.15) is 4.21 Å². The van der Waals surface area contributed by atoms with E-state index in [2.05, 4.69) is 0 Å². The van der Waals surface area contributed by atoms with E-state index in [9.17, 15) is 13.2 Å². The molecule has 0 aliphatic carbocycles. The van der Waals surface area contributed by atoms with Gasteiger partial charge in [0, 0.05) is 17.5 Å². The highest BCUT2D eigenvalue weighted by Gasteiger charge is 2.33. The summed E-state index contributed by atoms with van der Waals surface area (Å²) < 4.78 is 26.2. The molecule has 1 rings (SSSR count). The van der Waals surface area contributed by atoms with Crippen molar-refractivity contribution in [2.75, 3.05) is 6.54 Å². The first-order chi connectivity index (χ1) is 8.10. The van der Waals surface area contributed by atoms with Crippen molar-refractivity contribution in [3.05, 3.63) is 17.0 Å². The van der Waals surface area contributed by atoms with E-state index in [0.29, 0.717) is 6.54 Å². The molecule has 1 heterocycles. The van der Waals surface area contributed by atoms with Crippen molar-refractivity contribution in [2.24, 2.45) is 0 Å². The van der Waals surface area contributed by atoms with Crippen LogP contribution in [0.25, 0.3) is 0 Å². The average Bonchev–Trinajstić information content (AvgIpc) is 2.64. The van der Waals surface area contributed by atoms with Crippen LogP contribution in [0.5, 0.6) is 0 Å². The molecule has 5 nitrogen and oxygen atoms in total. The molecule has 0 aliphatic rings. The third-order valence-corrected chi connectivity index (χ3v) is 6.06. The first-order valence-electron chi connectivity index (χ1n) is 5.45. The number of carbonyl (C=O) groups is 1. The van der Waals surface area contributed by atoms with Gasteiger partial charge in [-0.25, -0.2) is 13.2 Å². The summed E-state index contributed by atoms with van der Waals surface area (Å²) in [6, 6.07) is 1.21. The zero-order chi connectivity index (χ0) is 14.1. The SMILES string of the molecule is CCN(C(C)(C)C)S(=O)(=O)c1cc(C(=O)O)cs1.